The van der Waals surface area contributed by atoms with Crippen LogP contribution in [-0.4, -0.2) is 76.2 Å². The Balaban J connectivity index is 1.29. The zero-order valence-electron chi connectivity index (χ0n) is 21.2. The van der Waals surface area contributed by atoms with E-state index in [1.54, 1.807) is 29.7 Å². The molecule has 1 unspecified atom stereocenters. The van der Waals surface area contributed by atoms with Gasteiger partial charge in [0.05, 0.1) is 36.7 Å². The molecule has 4 aliphatic rings. The van der Waals surface area contributed by atoms with Crippen molar-refractivity contribution in [1.29, 1.82) is 0 Å². The number of hydrogen-bond donors (Lipinski definition) is 5. The van der Waals surface area contributed by atoms with Crippen molar-refractivity contribution in [3.05, 3.63) is 46.3 Å². The van der Waals surface area contributed by atoms with E-state index < -0.39 is 5.91 Å². The van der Waals surface area contributed by atoms with Crippen molar-refractivity contribution in [1.82, 2.24) is 19.9 Å². The second kappa shape index (κ2) is 10.2. The fraction of sp³-hybridized carbons (Fsp3) is 0.308. The second-order valence-corrected chi connectivity index (χ2v) is 10.5. The first-order chi connectivity index (χ1) is 18.9. The number of thiophene rings is 1. The van der Waals surface area contributed by atoms with Crippen LogP contribution in [0.1, 0.15) is 21.7 Å². The van der Waals surface area contributed by atoms with E-state index in [4.69, 9.17) is 15.5 Å². The Morgan fingerprint density at radius 1 is 1.26 bits per heavy atom. The summed E-state index contributed by atoms with van der Waals surface area (Å²) in [5.74, 6) is 1.57. The number of nitrogens with zero attached hydrogens (tertiary/aromatic N) is 4. The summed E-state index contributed by atoms with van der Waals surface area (Å²) in [4.78, 5) is 41.5. The lowest BCUT2D eigenvalue weighted by molar-refractivity contribution is -0.119. The van der Waals surface area contributed by atoms with Crippen LogP contribution in [0.25, 0.3) is 11.4 Å². The highest BCUT2D eigenvalue weighted by atomic mass is 32.1. The third-order valence-corrected chi connectivity index (χ3v) is 7.94. The zero-order valence-corrected chi connectivity index (χ0v) is 22.0. The minimum atomic E-state index is -0.520. The number of nitrogens with one attached hydrogen (secondary N) is 3. The van der Waals surface area contributed by atoms with E-state index in [2.05, 4.69) is 20.6 Å². The normalized spacial score (nSPS) is 17.0. The van der Waals surface area contributed by atoms with Crippen molar-refractivity contribution in [2.24, 2.45) is 5.73 Å². The number of ether oxygens (including phenoxy) is 1. The maximum absolute atomic E-state index is 13.2. The number of primary amides is 1. The number of aromatic nitrogens is 3. The largest absolute Gasteiger partial charge is 0.495 e. The van der Waals surface area contributed by atoms with Gasteiger partial charge in [-0.25, -0.2) is 4.98 Å². The summed E-state index contributed by atoms with van der Waals surface area (Å²) >= 11 is 1.25. The molecule has 6 N–H and O–H groups in total. The number of amides is 2. The molecule has 1 aromatic heterocycles. The summed E-state index contributed by atoms with van der Waals surface area (Å²) in [5, 5.41) is 18.1. The van der Waals surface area contributed by atoms with Gasteiger partial charge in [0.15, 0.2) is 0 Å². The topological polar surface area (TPSA) is 162 Å². The number of anilines is 5. The predicted octanol–water partition coefficient (Wildman–Crippen LogP) is 2.52. The summed E-state index contributed by atoms with van der Waals surface area (Å²) < 4.78 is 5.66. The summed E-state index contributed by atoms with van der Waals surface area (Å²) in [6.45, 7) is 2.09. The molecule has 13 heteroatoms. The van der Waals surface area contributed by atoms with Crippen LogP contribution in [-0.2, 0) is 11.2 Å². The molecule has 4 aliphatic heterocycles. The van der Waals surface area contributed by atoms with Crippen LogP contribution < -0.4 is 26.0 Å². The van der Waals surface area contributed by atoms with E-state index in [9.17, 15) is 14.7 Å². The molecule has 39 heavy (non-hydrogen) atoms. The highest BCUT2D eigenvalue weighted by molar-refractivity contribution is 7.12. The first kappa shape index (κ1) is 25.1. The average Bonchev–Trinajstić information content (AvgIpc) is 3.70. The van der Waals surface area contributed by atoms with E-state index in [1.165, 1.54) is 11.3 Å². The number of H-pyrrole nitrogens is 1. The Labute approximate surface area is 228 Å². The molecule has 1 aromatic carbocycles. The number of aliphatic hydroxyl groups is 1. The van der Waals surface area contributed by atoms with Crippen LogP contribution in [0.15, 0.2) is 35.8 Å². The van der Waals surface area contributed by atoms with E-state index in [1.807, 2.05) is 23.1 Å². The molecule has 0 aliphatic carbocycles. The number of carbonyl (C=O) groups excluding carboxylic acids is 2. The molecule has 6 rings (SSSR count). The van der Waals surface area contributed by atoms with Crippen LogP contribution in [0.5, 0.6) is 5.75 Å². The molecule has 5 heterocycles. The van der Waals surface area contributed by atoms with Crippen molar-refractivity contribution in [3.8, 4) is 17.1 Å². The molecular formula is C26H28N8O4S. The second-order valence-electron chi connectivity index (χ2n) is 9.57. The van der Waals surface area contributed by atoms with Gasteiger partial charge in [-0.3, -0.25) is 14.5 Å². The van der Waals surface area contributed by atoms with Crippen LogP contribution in [0, 0.1) is 0 Å². The fourth-order valence-corrected chi connectivity index (χ4v) is 5.82. The van der Waals surface area contributed by atoms with Gasteiger partial charge in [0.25, 0.3) is 5.91 Å². The van der Waals surface area contributed by atoms with E-state index in [-0.39, 0.29) is 18.6 Å². The maximum Gasteiger partial charge on any atom is 0.260 e. The molecular weight excluding hydrogens is 520 g/mol. The molecule has 0 radical (unpaired) electrons. The molecule has 2 amide bonds. The number of aliphatic hydroxyl groups excluding tert-OH is 1. The lowest BCUT2D eigenvalue weighted by atomic mass is 10.1. The SMILES string of the molecule is COc1cc2c(cc1Nc1nc(Nc3ccsc3C(N)=O)c3ccnc-3[nH]1)N(C(=O)CN1CCC(O)C1)CC2. The van der Waals surface area contributed by atoms with Gasteiger partial charge in [0.2, 0.25) is 11.9 Å². The Bertz CT molecular complexity index is 1520. The van der Waals surface area contributed by atoms with Crippen LogP contribution in [0.2, 0.25) is 0 Å². The zero-order chi connectivity index (χ0) is 27.1. The number of likely N-dealkylation sites (tertiary alicyclic amines) is 1. The molecule has 1 saturated heterocycles. The van der Waals surface area contributed by atoms with Crippen molar-refractivity contribution < 1.29 is 19.4 Å². The Kier molecular flexibility index (Phi) is 6.54. The van der Waals surface area contributed by atoms with Crippen LogP contribution >= 0.6 is 11.3 Å². The van der Waals surface area contributed by atoms with Crippen molar-refractivity contribution in [3.63, 3.8) is 0 Å². The number of rotatable bonds is 8. The Morgan fingerprint density at radius 3 is 2.90 bits per heavy atom. The van der Waals surface area contributed by atoms with Crippen LogP contribution in [0.4, 0.5) is 28.8 Å². The standard InChI is InChI=1S/C26H28N8O4S/c1-38-20-10-14-3-8-34(21(36)13-33-7-4-15(35)12-33)19(14)11-18(20)30-26-31-24-16(2-6-28-24)25(32-26)29-17-5-9-39-22(17)23(27)37/h2,5-6,9-11,15,35H,3-4,7-8,12-13H2,1H3,(H2,27,37)(H3,28,29,30,31,32). The average molecular weight is 549 g/mol. The van der Waals surface area contributed by atoms with Crippen LogP contribution in [0.3, 0.4) is 0 Å². The van der Waals surface area contributed by atoms with Gasteiger partial charge in [0.1, 0.15) is 22.3 Å². The number of benzene rings is 1. The number of methoxy groups -OCH3 is 1. The quantitative estimate of drug-likeness (QED) is 0.223. The molecule has 1 fully saturated rings. The van der Waals surface area contributed by atoms with Crippen molar-refractivity contribution in [2.75, 3.05) is 48.8 Å². The number of nitrogens with two attached hydrogens (primary N) is 1. The number of aromatic amines is 1. The molecule has 0 saturated carbocycles. The smallest absolute Gasteiger partial charge is 0.260 e. The predicted molar refractivity (Wildman–Crippen MR) is 149 cm³/mol. The van der Waals surface area contributed by atoms with Gasteiger partial charge in [-0.1, -0.05) is 0 Å². The summed E-state index contributed by atoms with van der Waals surface area (Å²) in [6.07, 6.45) is 2.71. The molecule has 1 atom stereocenters. The third-order valence-electron chi connectivity index (χ3n) is 7.01. The number of fused-ring (bicyclic) bond motifs is 2. The molecule has 0 spiro atoms. The monoisotopic (exact) mass is 548 g/mol. The number of carbonyl (C=O) groups is 2. The number of β-amino-alcohol motifs (C(OH)–C–C–N with tert-alkyl or cyclic N) is 1. The minimum Gasteiger partial charge on any atom is -0.495 e. The first-order valence-electron chi connectivity index (χ1n) is 12.6. The van der Waals surface area contributed by atoms with Gasteiger partial charge in [-0.2, -0.15) is 4.98 Å². The van der Waals surface area contributed by atoms with Crippen molar-refractivity contribution >= 4 is 52.0 Å². The van der Waals surface area contributed by atoms with Gasteiger partial charge < -0.3 is 36.1 Å². The molecule has 0 bridgehead atoms. The highest BCUT2D eigenvalue weighted by Crippen LogP contribution is 2.39. The Morgan fingerprint density at radius 2 is 2.13 bits per heavy atom. The molecule has 202 valence electrons. The lowest BCUT2D eigenvalue weighted by Crippen LogP contribution is -2.39. The minimum absolute atomic E-state index is 0.00133. The van der Waals surface area contributed by atoms with Crippen molar-refractivity contribution in [2.45, 2.75) is 18.9 Å². The van der Waals surface area contributed by atoms with Gasteiger partial charge >= 0.3 is 0 Å². The maximum atomic E-state index is 13.2. The first-order valence-corrected chi connectivity index (χ1v) is 13.5. The Hall–Kier alpha value is -4.20. The molecule has 2 aromatic rings. The lowest BCUT2D eigenvalue weighted by Gasteiger charge is -2.22. The summed E-state index contributed by atoms with van der Waals surface area (Å²) in [7, 11) is 1.59. The summed E-state index contributed by atoms with van der Waals surface area (Å²) in [5.41, 5.74) is 9.30. The fourth-order valence-electron chi connectivity index (χ4n) is 5.12. The number of hydrogen-bond acceptors (Lipinski definition) is 10. The van der Waals surface area contributed by atoms with E-state index in [0.29, 0.717) is 65.6 Å². The van der Waals surface area contributed by atoms with Gasteiger partial charge in [-0.15, -0.1) is 11.3 Å². The third kappa shape index (κ3) is 4.87. The summed E-state index contributed by atoms with van der Waals surface area (Å²) in [6, 6.07) is 7.43. The van der Waals surface area contributed by atoms with Gasteiger partial charge in [-0.05, 0) is 48.1 Å². The van der Waals surface area contributed by atoms with Gasteiger partial charge in [0, 0.05) is 31.5 Å². The van der Waals surface area contributed by atoms with E-state index >= 15 is 0 Å². The highest BCUT2D eigenvalue weighted by Gasteiger charge is 2.30. The molecule has 12 nitrogen and oxygen atoms in total. The van der Waals surface area contributed by atoms with E-state index in [0.717, 1.165) is 23.2 Å².